The van der Waals surface area contributed by atoms with Gasteiger partial charge in [-0.2, -0.15) is 5.10 Å². The van der Waals surface area contributed by atoms with Crippen LogP contribution in [0.1, 0.15) is 22.4 Å². The van der Waals surface area contributed by atoms with Gasteiger partial charge in [-0.25, -0.2) is 4.98 Å². The smallest absolute Gasteiger partial charge is 0.255 e. The van der Waals surface area contributed by atoms with Crippen molar-refractivity contribution in [2.75, 3.05) is 6.54 Å². The molecule has 0 bridgehead atoms. The summed E-state index contributed by atoms with van der Waals surface area (Å²) in [5.41, 5.74) is 4.83. The second kappa shape index (κ2) is 8.04. The Hall–Kier alpha value is -3.58. The van der Waals surface area contributed by atoms with Crippen molar-refractivity contribution >= 4 is 0 Å². The second-order valence-electron chi connectivity index (χ2n) is 7.57. The van der Waals surface area contributed by atoms with Crippen LogP contribution in [0.4, 0.5) is 0 Å². The van der Waals surface area contributed by atoms with Crippen molar-refractivity contribution in [1.82, 2.24) is 29.6 Å². The lowest BCUT2D eigenvalue weighted by Gasteiger charge is -2.27. The fourth-order valence-corrected chi connectivity index (χ4v) is 3.87. The number of hydrogen-bond donors (Lipinski definition) is 1. The van der Waals surface area contributed by atoms with E-state index in [0.29, 0.717) is 12.4 Å². The lowest BCUT2D eigenvalue weighted by molar-refractivity contribution is 0.242. The molecule has 0 atom stereocenters. The van der Waals surface area contributed by atoms with Gasteiger partial charge in [0.1, 0.15) is 5.82 Å². The van der Waals surface area contributed by atoms with Crippen molar-refractivity contribution in [2.24, 2.45) is 0 Å². The van der Waals surface area contributed by atoms with Crippen molar-refractivity contribution < 1.29 is 0 Å². The number of benzene rings is 1. The number of nitrogens with zero attached hydrogens (tertiary/aromatic N) is 5. The van der Waals surface area contributed by atoms with Gasteiger partial charge in [0.25, 0.3) is 5.56 Å². The lowest BCUT2D eigenvalue weighted by atomic mass is 10.1. The number of aromatic nitrogens is 5. The van der Waals surface area contributed by atoms with Gasteiger partial charge in [0.05, 0.1) is 24.0 Å². The number of aromatic amines is 1. The molecule has 1 aliphatic heterocycles. The van der Waals surface area contributed by atoms with Crippen molar-refractivity contribution in [2.45, 2.75) is 26.1 Å². The van der Waals surface area contributed by atoms with E-state index in [1.54, 1.807) is 12.4 Å². The fourth-order valence-electron chi connectivity index (χ4n) is 3.87. The maximum atomic E-state index is 12.7. The first kappa shape index (κ1) is 18.4. The van der Waals surface area contributed by atoms with E-state index in [1.807, 2.05) is 41.2 Å². The highest BCUT2D eigenvalue weighted by molar-refractivity contribution is 5.54. The van der Waals surface area contributed by atoms with E-state index >= 15 is 0 Å². The second-order valence-corrected chi connectivity index (χ2v) is 7.57. The van der Waals surface area contributed by atoms with Gasteiger partial charge in [0, 0.05) is 55.8 Å². The molecule has 0 saturated heterocycles. The number of H-pyrrole nitrogens is 1. The van der Waals surface area contributed by atoms with Crippen LogP contribution in [-0.4, -0.2) is 36.2 Å². The number of pyridine rings is 1. The molecular weight excluding hydrogens is 376 g/mol. The highest BCUT2D eigenvalue weighted by Gasteiger charge is 2.22. The molecule has 0 radical (unpaired) electrons. The van der Waals surface area contributed by atoms with Crippen LogP contribution in [0.25, 0.3) is 11.4 Å². The van der Waals surface area contributed by atoms with Crippen LogP contribution in [0.3, 0.4) is 0 Å². The van der Waals surface area contributed by atoms with Crippen LogP contribution in [-0.2, 0) is 26.1 Å². The van der Waals surface area contributed by atoms with Gasteiger partial charge < -0.3 is 4.98 Å². The molecule has 0 saturated carbocycles. The van der Waals surface area contributed by atoms with E-state index in [1.165, 1.54) is 5.56 Å². The van der Waals surface area contributed by atoms with E-state index in [9.17, 15) is 4.79 Å². The zero-order chi connectivity index (χ0) is 20.3. The topological polar surface area (TPSA) is 79.7 Å². The minimum atomic E-state index is -0.0590. The first-order valence-electron chi connectivity index (χ1n) is 10.0. The van der Waals surface area contributed by atoms with Crippen molar-refractivity contribution in [1.29, 1.82) is 0 Å². The highest BCUT2D eigenvalue weighted by atomic mass is 16.1. The summed E-state index contributed by atoms with van der Waals surface area (Å²) < 4.78 is 1.96. The molecule has 4 aromatic rings. The van der Waals surface area contributed by atoms with Crippen LogP contribution in [0.5, 0.6) is 0 Å². The quantitative estimate of drug-likeness (QED) is 0.559. The Balaban J connectivity index is 1.29. The normalized spacial score (nSPS) is 13.9. The standard InChI is InChI=1S/C23H22N6O/c30-23-20-16-28(11-8-21(20)26-22(27-23)19-6-9-24-10-7-19)13-18-12-25-29(15-18)14-17-4-2-1-3-5-17/h1-7,9-10,12,15H,8,11,13-14,16H2,(H,26,27,30). The molecule has 0 unspecified atom stereocenters. The molecule has 150 valence electrons. The predicted molar refractivity (Wildman–Crippen MR) is 114 cm³/mol. The Morgan fingerprint density at radius 3 is 2.67 bits per heavy atom. The first-order chi connectivity index (χ1) is 14.7. The zero-order valence-electron chi connectivity index (χ0n) is 16.5. The number of nitrogens with one attached hydrogen (secondary N) is 1. The zero-order valence-corrected chi connectivity index (χ0v) is 16.5. The molecule has 4 heterocycles. The third-order valence-electron chi connectivity index (χ3n) is 5.38. The van der Waals surface area contributed by atoms with Gasteiger partial charge in [0.2, 0.25) is 0 Å². The van der Waals surface area contributed by atoms with E-state index in [2.05, 4.69) is 38.3 Å². The summed E-state index contributed by atoms with van der Waals surface area (Å²) in [5.74, 6) is 0.608. The Morgan fingerprint density at radius 1 is 1.00 bits per heavy atom. The average Bonchev–Trinajstić information content (AvgIpc) is 3.22. The molecule has 30 heavy (non-hydrogen) atoms. The number of hydrogen-bond acceptors (Lipinski definition) is 5. The Kier molecular flexibility index (Phi) is 4.94. The third kappa shape index (κ3) is 3.92. The molecule has 7 heteroatoms. The summed E-state index contributed by atoms with van der Waals surface area (Å²) in [6, 6.07) is 14.0. The fraction of sp³-hybridized carbons (Fsp3) is 0.217. The van der Waals surface area contributed by atoms with Gasteiger partial charge >= 0.3 is 0 Å². The van der Waals surface area contributed by atoms with Crippen LogP contribution in [0.2, 0.25) is 0 Å². The van der Waals surface area contributed by atoms with Crippen molar-refractivity contribution in [3.63, 3.8) is 0 Å². The van der Waals surface area contributed by atoms with Gasteiger partial charge in [0.15, 0.2) is 0 Å². The van der Waals surface area contributed by atoms with Gasteiger partial charge in [-0.1, -0.05) is 30.3 Å². The van der Waals surface area contributed by atoms with E-state index in [0.717, 1.165) is 48.4 Å². The molecular formula is C23H22N6O. The van der Waals surface area contributed by atoms with E-state index < -0.39 is 0 Å². The van der Waals surface area contributed by atoms with Gasteiger partial charge in [-0.15, -0.1) is 0 Å². The molecule has 1 N–H and O–H groups in total. The molecule has 0 amide bonds. The van der Waals surface area contributed by atoms with Crippen LogP contribution in [0.15, 0.2) is 72.0 Å². The van der Waals surface area contributed by atoms with Gasteiger partial charge in [-0.05, 0) is 17.7 Å². The van der Waals surface area contributed by atoms with Crippen LogP contribution in [0, 0.1) is 0 Å². The maximum Gasteiger partial charge on any atom is 0.255 e. The lowest BCUT2D eigenvalue weighted by Crippen LogP contribution is -2.35. The van der Waals surface area contributed by atoms with Crippen LogP contribution < -0.4 is 5.56 Å². The summed E-state index contributed by atoms with van der Waals surface area (Å²) in [5, 5.41) is 4.49. The summed E-state index contributed by atoms with van der Waals surface area (Å²) in [4.78, 5) is 26.6. The molecule has 0 spiro atoms. The number of rotatable bonds is 5. The predicted octanol–water partition coefficient (Wildman–Crippen LogP) is 2.64. The molecule has 0 fully saturated rings. The first-order valence-corrected chi connectivity index (χ1v) is 10.0. The Labute approximate surface area is 174 Å². The third-order valence-corrected chi connectivity index (χ3v) is 5.38. The van der Waals surface area contributed by atoms with Crippen molar-refractivity contribution in [3.05, 3.63) is 100.0 Å². The molecule has 5 rings (SSSR count). The minimum Gasteiger partial charge on any atom is -0.306 e. The Bertz CT molecular complexity index is 1200. The monoisotopic (exact) mass is 398 g/mol. The number of fused-ring (bicyclic) bond motifs is 1. The van der Waals surface area contributed by atoms with Crippen molar-refractivity contribution in [3.8, 4) is 11.4 Å². The molecule has 0 aliphatic carbocycles. The van der Waals surface area contributed by atoms with E-state index in [4.69, 9.17) is 4.98 Å². The van der Waals surface area contributed by atoms with Crippen LogP contribution >= 0.6 is 0 Å². The Morgan fingerprint density at radius 2 is 1.83 bits per heavy atom. The molecule has 1 aromatic carbocycles. The van der Waals surface area contributed by atoms with E-state index in [-0.39, 0.29) is 5.56 Å². The molecule has 3 aromatic heterocycles. The molecule has 7 nitrogen and oxygen atoms in total. The summed E-state index contributed by atoms with van der Waals surface area (Å²) >= 11 is 0. The maximum absolute atomic E-state index is 12.7. The summed E-state index contributed by atoms with van der Waals surface area (Å²) in [7, 11) is 0. The summed E-state index contributed by atoms with van der Waals surface area (Å²) in [6.45, 7) is 2.98. The summed E-state index contributed by atoms with van der Waals surface area (Å²) in [6.07, 6.45) is 8.16. The SMILES string of the molecule is O=c1[nH]c(-c2ccncc2)nc2c1CN(Cc1cnn(Cc3ccccc3)c1)CC2. The molecule has 1 aliphatic rings. The average molecular weight is 398 g/mol. The highest BCUT2D eigenvalue weighted by Crippen LogP contribution is 2.19. The van der Waals surface area contributed by atoms with Gasteiger partial charge in [-0.3, -0.25) is 19.4 Å². The minimum absolute atomic E-state index is 0.0590. The largest absolute Gasteiger partial charge is 0.306 e.